The standard InChI is InChI=1S/C25H20ClFN2S.ClH/c26-20-7-3-1-5-16(20)18-14-28-25(11-12-30-22-10-9-15(27)13-19(22)25)24-23(18)17-6-2-4-8-21(17)29-24;/h1-10,13,18,28-29H,11-12,14H2;1H. The van der Waals surface area contributed by atoms with Crippen molar-refractivity contribution >= 4 is 46.7 Å². The van der Waals surface area contributed by atoms with Crippen molar-refractivity contribution in [1.82, 2.24) is 10.3 Å². The number of rotatable bonds is 1. The van der Waals surface area contributed by atoms with E-state index in [0.717, 1.165) is 51.0 Å². The fourth-order valence-corrected chi connectivity index (χ4v) is 6.65. The van der Waals surface area contributed by atoms with Gasteiger partial charge in [-0.3, -0.25) is 0 Å². The molecule has 1 aromatic heterocycles. The van der Waals surface area contributed by atoms with E-state index in [4.69, 9.17) is 11.6 Å². The van der Waals surface area contributed by atoms with Gasteiger partial charge >= 0.3 is 0 Å². The van der Waals surface area contributed by atoms with E-state index in [-0.39, 0.29) is 24.1 Å². The van der Waals surface area contributed by atoms with Crippen LogP contribution in [0.1, 0.15) is 34.7 Å². The second-order valence-electron chi connectivity index (χ2n) is 8.06. The van der Waals surface area contributed by atoms with Gasteiger partial charge in [-0.2, -0.15) is 0 Å². The van der Waals surface area contributed by atoms with E-state index in [0.29, 0.717) is 0 Å². The number of fused-ring (bicyclic) bond motifs is 6. The fraction of sp³-hybridized carbons (Fsp3) is 0.200. The number of nitrogens with one attached hydrogen (secondary N) is 2. The smallest absolute Gasteiger partial charge is 0.123 e. The van der Waals surface area contributed by atoms with E-state index in [1.807, 2.05) is 24.3 Å². The van der Waals surface area contributed by atoms with E-state index < -0.39 is 5.54 Å². The quantitative estimate of drug-likeness (QED) is 0.318. The summed E-state index contributed by atoms with van der Waals surface area (Å²) in [4.78, 5) is 4.87. The van der Waals surface area contributed by atoms with Crippen LogP contribution in [-0.2, 0) is 5.54 Å². The van der Waals surface area contributed by atoms with Gasteiger partial charge in [0, 0.05) is 44.7 Å². The van der Waals surface area contributed by atoms with Gasteiger partial charge in [0.2, 0.25) is 0 Å². The first kappa shape index (κ1) is 20.9. The third kappa shape index (κ3) is 3.12. The summed E-state index contributed by atoms with van der Waals surface area (Å²) in [7, 11) is 0. The first-order valence-corrected chi connectivity index (χ1v) is 11.6. The Morgan fingerprint density at radius 1 is 1.03 bits per heavy atom. The molecule has 6 rings (SSSR count). The number of hydrogen-bond donors (Lipinski definition) is 2. The van der Waals surface area contributed by atoms with Gasteiger partial charge in [-0.15, -0.1) is 24.2 Å². The van der Waals surface area contributed by atoms with E-state index >= 15 is 0 Å². The normalized spacial score (nSPS) is 22.1. The molecule has 0 amide bonds. The summed E-state index contributed by atoms with van der Waals surface area (Å²) in [5, 5.41) is 5.84. The third-order valence-corrected chi connectivity index (χ3v) is 7.97. The van der Waals surface area contributed by atoms with Crippen LogP contribution in [0.3, 0.4) is 0 Å². The maximum absolute atomic E-state index is 14.3. The third-order valence-electron chi connectivity index (χ3n) is 6.55. The van der Waals surface area contributed by atoms with Crippen LogP contribution >= 0.6 is 35.8 Å². The second-order valence-corrected chi connectivity index (χ2v) is 9.60. The van der Waals surface area contributed by atoms with Crippen LogP contribution in [0.15, 0.2) is 71.6 Å². The zero-order valence-electron chi connectivity index (χ0n) is 16.6. The largest absolute Gasteiger partial charge is 0.356 e. The van der Waals surface area contributed by atoms with Crippen LogP contribution in [0.2, 0.25) is 5.02 Å². The van der Waals surface area contributed by atoms with Gasteiger partial charge in [0.05, 0.1) is 5.54 Å². The lowest BCUT2D eigenvalue weighted by Gasteiger charge is -2.45. The molecule has 6 heteroatoms. The highest BCUT2D eigenvalue weighted by molar-refractivity contribution is 7.99. The van der Waals surface area contributed by atoms with Gasteiger partial charge < -0.3 is 10.3 Å². The number of hydrogen-bond acceptors (Lipinski definition) is 2. The summed E-state index contributed by atoms with van der Waals surface area (Å²) in [6.45, 7) is 0.749. The molecule has 0 fully saturated rings. The molecule has 3 heterocycles. The maximum atomic E-state index is 14.3. The molecule has 1 spiro atoms. The first-order valence-electron chi connectivity index (χ1n) is 10.2. The van der Waals surface area contributed by atoms with Gasteiger partial charge in [-0.05, 0) is 53.4 Å². The van der Waals surface area contributed by atoms with E-state index in [1.165, 1.54) is 10.9 Å². The van der Waals surface area contributed by atoms with Gasteiger partial charge in [0.1, 0.15) is 5.82 Å². The minimum absolute atomic E-state index is 0. The van der Waals surface area contributed by atoms with Crippen molar-refractivity contribution in [1.29, 1.82) is 0 Å². The number of aromatic amines is 1. The van der Waals surface area contributed by atoms with Crippen LogP contribution in [0.4, 0.5) is 4.39 Å². The van der Waals surface area contributed by atoms with Crippen molar-refractivity contribution in [3.63, 3.8) is 0 Å². The minimum atomic E-state index is -0.422. The Morgan fingerprint density at radius 3 is 2.71 bits per heavy atom. The number of para-hydroxylation sites is 1. The van der Waals surface area contributed by atoms with Crippen LogP contribution in [0.25, 0.3) is 10.9 Å². The van der Waals surface area contributed by atoms with Crippen molar-refractivity contribution in [2.75, 3.05) is 12.3 Å². The molecule has 2 atom stereocenters. The zero-order valence-corrected chi connectivity index (χ0v) is 19.0. The lowest BCUT2D eigenvalue weighted by atomic mass is 9.74. The average Bonchev–Trinajstić information content (AvgIpc) is 3.16. The molecule has 2 N–H and O–H groups in total. The zero-order chi connectivity index (χ0) is 20.3. The number of thioether (sulfide) groups is 1. The molecule has 0 saturated heterocycles. The van der Waals surface area contributed by atoms with E-state index in [9.17, 15) is 4.39 Å². The summed E-state index contributed by atoms with van der Waals surface area (Å²) in [5.41, 5.74) is 5.26. The molecular formula is C25H21Cl2FN2S. The second kappa shape index (κ2) is 7.86. The molecule has 3 aromatic carbocycles. The number of benzene rings is 3. The highest BCUT2D eigenvalue weighted by Gasteiger charge is 2.46. The number of aromatic nitrogens is 1. The van der Waals surface area contributed by atoms with Gasteiger partial charge in [-0.25, -0.2) is 4.39 Å². The van der Waals surface area contributed by atoms with Crippen molar-refractivity contribution < 1.29 is 4.39 Å². The molecule has 2 nitrogen and oxygen atoms in total. The highest BCUT2D eigenvalue weighted by atomic mass is 35.5. The summed E-state index contributed by atoms with van der Waals surface area (Å²) < 4.78 is 14.3. The van der Waals surface area contributed by atoms with Crippen LogP contribution < -0.4 is 5.32 Å². The van der Waals surface area contributed by atoms with Gasteiger partial charge in [0.15, 0.2) is 0 Å². The molecule has 0 saturated carbocycles. The molecule has 0 bridgehead atoms. The van der Waals surface area contributed by atoms with Crippen molar-refractivity contribution in [3.8, 4) is 0 Å². The Bertz CT molecular complexity index is 1290. The van der Waals surface area contributed by atoms with Crippen LogP contribution in [0, 0.1) is 5.82 Å². The predicted molar refractivity (Wildman–Crippen MR) is 129 cm³/mol. The molecule has 31 heavy (non-hydrogen) atoms. The summed E-state index contributed by atoms with van der Waals surface area (Å²) in [6.07, 6.45) is 0.906. The molecule has 2 aliphatic rings. The Morgan fingerprint density at radius 2 is 1.84 bits per heavy atom. The van der Waals surface area contributed by atoms with Gasteiger partial charge in [0.25, 0.3) is 0 Å². The Labute approximate surface area is 196 Å². The van der Waals surface area contributed by atoms with E-state index in [1.54, 1.807) is 23.9 Å². The predicted octanol–water partition coefficient (Wildman–Crippen LogP) is 6.86. The van der Waals surface area contributed by atoms with E-state index in [2.05, 4.69) is 40.6 Å². The van der Waals surface area contributed by atoms with Crippen LogP contribution in [-0.4, -0.2) is 17.3 Å². The molecule has 4 aromatic rings. The Balaban J connectivity index is 0.00000204. The number of halogens is 3. The lowest BCUT2D eigenvalue weighted by Crippen LogP contribution is -2.51. The SMILES string of the molecule is Cl.Fc1ccc2c(c1)C1(CCS2)NCC(c2ccccc2Cl)c2c1[nH]c1ccccc21. The number of H-pyrrole nitrogens is 1. The molecule has 0 radical (unpaired) electrons. The molecule has 2 aliphatic heterocycles. The van der Waals surface area contributed by atoms with Crippen LogP contribution in [0.5, 0.6) is 0 Å². The maximum Gasteiger partial charge on any atom is 0.123 e. The first-order chi connectivity index (χ1) is 14.7. The summed E-state index contributed by atoms with van der Waals surface area (Å²) >= 11 is 8.44. The van der Waals surface area contributed by atoms with Gasteiger partial charge in [-0.1, -0.05) is 48.0 Å². The minimum Gasteiger partial charge on any atom is -0.356 e. The summed E-state index contributed by atoms with van der Waals surface area (Å²) in [5.74, 6) is 0.919. The Kier molecular flexibility index (Phi) is 5.30. The van der Waals surface area contributed by atoms with Crippen molar-refractivity contribution in [2.24, 2.45) is 0 Å². The van der Waals surface area contributed by atoms with Crippen molar-refractivity contribution in [2.45, 2.75) is 22.8 Å². The monoisotopic (exact) mass is 470 g/mol. The highest BCUT2D eigenvalue weighted by Crippen LogP contribution is 2.51. The van der Waals surface area contributed by atoms with Crippen molar-refractivity contribution in [3.05, 3.63) is 100.0 Å². The molecule has 2 unspecified atom stereocenters. The Hall–Kier alpha value is -1.98. The fourth-order valence-electron chi connectivity index (χ4n) is 5.21. The molecule has 158 valence electrons. The molecule has 0 aliphatic carbocycles. The molecular weight excluding hydrogens is 450 g/mol. The average molecular weight is 471 g/mol. The topological polar surface area (TPSA) is 27.8 Å². The lowest BCUT2D eigenvalue weighted by molar-refractivity contribution is 0.339. The summed E-state index contributed by atoms with van der Waals surface area (Å²) in [6, 6.07) is 21.7.